The van der Waals surface area contributed by atoms with Crippen LogP contribution in [-0.4, -0.2) is 78.1 Å². The van der Waals surface area contributed by atoms with E-state index in [-0.39, 0.29) is 54.9 Å². The summed E-state index contributed by atoms with van der Waals surface area (Å²) in [6, 6.07) is 1.66. The number of ether oxygens (including phenoxy) is 3. The molecule has 13 nitrogen and oxygen atoms in total. The molecule has 51 heavy (non-hydrogen) atoms. The van der Waals surface area contributed by atoms with Crippen molar-refractivity contribution < 1.29 is 54.4 Å². The summed E-state index contributed by atoms with van der Waals surface area (Å²) in [5, 5.41) is -0.0136. The fraction of sp³-hybridized carbons (Fsp3) is 0.676. The summed E-state index contributed by atoms with van der Waals surface area (Å²) < 4.78 is 85.2. The number of rotatable bonds is 3. The van der Waals surface area contributed by atoms with Gasteiger partial charge in [-0.05, 0) is 61.0 Å². The van der Waals surface area contributed by atoms with Crippen molar-refractivity contribution in [3.63, 3.8) is 0 Å². The third-order valence-electron chi connectivity index (χ3n) is 10.6. The van der Waals surface area contributed by atoms with E-state index >= 15 is 0 Å². The molecule has 0 N–H and O–H groups in total. The normalized spacial score (nSPS) is 29.2. The van der Waals surface area contributed by atoms with Crippen LogP contribution >= 0.6 is 0 Å². The fourth-order valence-corrected chi connectivity index (χ4v) is 8.31. The smallest absolute Gasteiger partial charge is 0.467 e. The molecular weight excluding hydrogens is 699 g/mol. The predicted molar refractivity (Wildman–Crippen MR) is 174 cm³/mol. The van der Waals surface area contributed by atoms with E-state index < -0.39 is 68.3 Å². The molecule has 4 aliphatic rings. The summed E-state index contributed by atoms with van der Waals surface area (Å²) in [6.07, 6.45) is 3.43. The Kier molecular flexibility index (Phi) is 9.82. The molecule has 3 heterocycles. The van der Waals surface area contributed by atoms with Crippen LogP contribution in [0.25, 0.3) is 10.9 Å². The van der Waals surface area contributed by atoms with Crippen molar-refractivity contribution >= 4 is 38.9 Å². The van der Waals surface area contributed by atoms with Crippen LogP contribution in [0, 0.1) is 29.1 Å². The monoisotopic (exact) mass is 741 g/mol. The lowest BCUT2D eigenvalue weighted by Gasteiger charge is -2.34. The molecule has 17 heteroatoms. The average Bonchev–Trinajstić information content (AvgIpc) is 3.53. The number of fused-ring (bicyclic) bond motifs is 7. The quantitative estimate of drug-likeness (QED) is 0.250. The second-order valence-corrected chi connectivity index (χ2v) is 16.6. The molecule has 2 aromatic rings. The van der Waals surface area contributed by atoms with Gasteiger partial charge in [0.1, 0.15) is 24.0 Å². The Labute approximate surface area is 292 Å². The van der Waals surface area contributed by atoms with Crippen molar-refractivity contribution in [3.05, 3.63) is 28.6 Å². The molecule has 1 aromatic heterocycles. The Morgan fingerprint density at radius 3 is 2.43 bits per heavy atom. The molecule has 1 saturated heterocycles. The van der Waals surface area contributed by atoms with Gasteiger partial charge in [-0.3, -0.25) is 19.0 Å². The molecule has 0 radical (unpaired) electrons. The lowest BCUT2D eigenvalue weighted by Crippen LogP contribution is -2.48. The average molecular weight is 742 g/mol. The van der Waals surface area contributed by atoms with Gasteiger partial charge in [-0.2, -0.15) is 26.6 Å². The lowest BCUT2D eigenvalue weighted by molar-refractivity contribution is -0.160. The zero-order chi connectivity index (χ0) is 37.0. The van der Waals surface area contributed by atoms with E-state index in [2.05, 4.69) is 9.17 Å². The van der Waals surface area contributed by atoms with E-state index in [1.54, 1.807) is 0 Å². The summed E-state index contributed by atoms with van der Waals surface area (Å²) in [7, 11) is -4.81. The van der Waals surface area contributed by atoms with E-state index in [0.29, 0.717) is 18.3 Å². The minimum atomic E-state index is -6.00. The Bertz CT molecular complexity index is 1880. The second kappa shape index (κ2) is 13.6. The third-order valence-corrected chi connectivity index (χ3v) is 11.6. The number of carbonyl (C=O) groups is 3. The molecule has 2 bridgehead atoms. The molecule has 2 aliphatic carbocycles. The van der Waals surface area contributed by atoms with Gasteiger partial charge in [0.25, 0.3) is 11.6 Å². The zero-order valence-corrected chi connectivity index (χ0v) is 29.6. The van der Waals surface area contributed by atoms with E-state index in [1.807, 2.05) is 20.8 Å². The minimum Gasteiger partial charge on any atom is -0.467 e. The first-order valence-electron chi connectivity index (χ1n) is 17.2. The first-order chi connectivity index (χ1) is 23.9. The largest absolute Gasteiger partial charge is 0.534 e. The van der Waals surface area contributed by atoms with Gasteiger partial charge in [-0.1, -0.05) is 33.6 Å². The van der Waals surface area contributed by atoms with Crippen LogP contribution in [0.1, 0.15) is 72.1 Å². The maximum Gasteiger partial charge on any atom is 0.534 e. The van der Waals surface area contributed by atoms with Crippen molar-refractivity contribution in [3.8, 4) is 11.8 Å². The lowest BCUT2D eigenvalue weighted by atomic mass is 9.77. The van der Waals surface area contributed by atoms with Crippen LogP contribution in [0.4, 0.5) is 13.2 Å². The molecular formula is C34H42F3N3O10S. The van der Waals surface area contributed by atoms with E-state index in [1.165, 1.54) is 16.6 Å². The predicted octanol–water partition coefficient (Wildman–Crippen LogP) is 4.34. The van der Waals surface area contributed by atoms with E-state index in [4.69, 9.17) is 14.2 Å². The van der Waals surface area contributed by atoms with Gasteiger partial charge in [0.05, 0.1) is 36.9 Å². The Morgan fingerprint density at radius 2 is 1.75 bits per heavy atom. The highest BCUT2D eigenvalue weighted by Gasteiger charge is 2.55. The first kappa shape index (κ1) is 36.9. The van der Waals surface area contributed by atoms with Gasteiger partial charge in [-0.25, -0.2) is 4.79 Å². The molecule has 6 rings (SSSR count). The highest BCUT2D eigenvalue weighted by atomic mass is 32.2. The first-order valence-corrected chi connectivity index (χ1v) is 18.6. The van der Waals surface area contributed by atoms with Crippen molar-refractivity contribution in [2.45, 2.75) is 102 Å². The summed E-state index contributed by atoms with van der Waals surface area (Å²) in [5.74, 6) is -2.00. The SMILES string of the molecule is COC(=O)[C@@H]1C[C@@H]2CN1C(=O)[C@H](C(C)(C)C)CC(=O)O[C@@H]1C[C@@H]3C[C@@H]3[C@H]1CCCCCn1c(nc3cc(OS(=O)(=O)C(F)(F)F)ccc3c1=O)O2. The minimum absolute atomic E-state index is 0.0136. The van der Waals surface area contributed by atoms with Gasteiger partial charge in [0, 0.05) is 19.0 Å². The van der Waals surface area contributed by atoms with Crippen molar-refractivity contribution in [2.75, 3.05) is 13.7 Å². The van der Waals surface area contributed by atoms with Crippen LogP contribution in [0.15, 0.2) is 23.0 Å². The number of hydrogen-bond acceptors (Lipinski definition) is 11. The molecule has 2 saturated carbocycles. The van der Waals surface area contributed by atoms with Crippen LogP contribution in [-0.2, 0) is 40.5 Å². The zero-order valence-electron chi connectivity index (χ0n) is 28.8. The van der Waals surface area contributed by atoms with E-state index in [9.17, 15) is 40.8 Å². The van der Waals surface area contributed by atoms with Crippen LogP contribution in [0.2, 0.25) is 0 Å². The topological polar surface area (TPSA) is 160 Å². The number of aromatic nitrogens is 2. The Hall–Kier alpha value is -3.89. The van der Waals surface area contributed by atoms with Crippen LogP contribution in [0.3, 0.4) is 0 Å². The van der Waals surface area contributed by atoms with Gasteiger partial charge in [-0.15, -0.1) is 0 Å². The number of methoxy groups -OCH3 is 1. The van der Waals surface area contributed by atoms with Crippen molar-refractivity contribution in [1.29, 1.82) is 0 Å². The number of esters is 2. The van der Waals surface area contributed by atoms with E-state index in [0.717, 1.165) is 50.3 Å². The summed E-state index contributed by atoms with van der Waals surface area (Å²) in [5.41, 5.74) is -7.15. The number of hydrogen-bond donors (Lipinski definition) is 0. The molecule has 7 atom stereocenters. The molecule has 3 fully saturated rings. The van der Waals surface area contributed by atoms with Gasteiger partial charge >= 0.3 is 27.6 Å². The van der Waals surface area contributed by atoms with Crippen molar-refractivity contribution in [1.82, 2.24) is 14.5 Å². The standard InChI is InChI=1S/C34H42F3N3O10S/c1-33(2,3)24-16-28(41)49-27-13-18-12-23(18)21(27)8-6-5-7-11-39-29(42)22-10-9-19(50-51(45,46)34(35,36)37)14-25(22)38-32(39)48-20-15-26(31(44)47-4)40(17-20)30(24)43/h9-10,14,18,20-21,23-24,26-27H,5-8,11-13,15-17H2,1-4H3/t18-,20+,21+,23-,24+,26-,27+/m0/s1. The Morgan fingerprint density at radius 1 is 1.00 bits per heavy atom. The van der Waals surface area contributed by atoms with Gasteiger partial charge in [0.15, 0.2) is 0 Å². The Balaban J connectivity index is 1.38. The summed E-state index contributed by atoms with van der Waals surface area (Å²) in [6.45, 7) is 5.52. The highest BCUT2D eigenvalue weighted by Crippen LogP contribution is 2.58. The highest BCUT2D eigenvalue weighted by molar-refractivity contribution is 7.88. The molecule has 1 amide bonds. The number of halogens is 3. The number of alkyl halides is 3. The van der Waals surface area contributed by atoms with Crippen LogP contribution < -0.4 is 14.5 Å². The number of amides is 1. The van der Waals surface area contributed by atoms with Crippen LogP contribution in [0.5, 0.6) is 11.8 Å². The second-order valence-electron chi connectivity index (χ2n) is 15.1. The number of carbonyl (C=O) groups excluding carboxylic acids is 3. The molecule has 2 aliphatic heterocycles. The fourth-order valence-electron chi connectivity index (χ4n) is 7.85. The van der Waals surface area contributed by atoms with Crippen molar-refractivity contribution in [2.24, 2.45) is 29.1 Å². The summed E-state index contributed by atoms with van der Waals surface area (Å²) in [4.78, 5) is 60.2. The molecule has 0 unspecified atom stereocenters. The number of benzene rings is 1. The molecule has 1 aromatic carbocycles. The van der Waals surface area contributed by atoms with Gasteiger partial charge in [0.2, 0.25) is 5.91 Å². The van der Waals surface area contributed by atoms with Gasteiger partial charge < -0.3 is 23.3 Å². The number of nitrogens with zero attached hydrogens (tertiary/aromatic N) is 3. The molecule has 0 spiro atoms. The molecule has 280 valence electrons. The maximum atomic E-state index is 14.2. The maximum absolute atomic E-state index is 14.2. The third kappa shape index (κ3) is 7.54. The summed E-state index contributed by atoms with van der Waals surface area (Å²) >= 11 is 0.